The lowest BCUT2D eigenvalue weighted by Gasteiger charge is -2.06. The molecule has 0 atom stereocenters. The molecule has 4 N–H and O–H groups in total. The van der Waals surface area contributed by atoms with Gasteiger partial charge in [0.2, 0.25) is 5.91 Å². The number of nitrogens with one attached hydrogen (secondary N) is 1. The molecule has 0 fully saturated rings. The fraction of sp³-hybridized carbons (Fsp3) is 0.0667. The van der Waals surface area contributed by atoms with E-state index in [1.807, 2.05) is 6.07 Å². The summed E-state index contributed by atoms with van der Waals surface area (Å²) in [5, 5.41) is 11.5. The van der Waals surface area contributed by atoms with Gasteiger partial charge >= 0.3 is 5.97 Å². The van der Waals surface area contributed by atoms with Crippen molar-refractivity contribution in [1.82, 2.24) is 0 Å². The van der Waals surface area contributed by atoms with Gasteiger partial charge in [-0.15, -0.1) is 0 Å². The molecule has 0 saturated heterocycles. The van der Waals surface area contributed by atoms with Crippen LogP contribution < -0.4 is 11.1 Å². The van der Waals surface area contributed by atoms with E-state index in [0.29, 0.717) is 11.4 Å². The van der Waals surface area contributed by atoms with Gasteiger partial charge in [0, 0.05) is 11.4 Å². The first kappa shape index (κ1) is 13.6. The molecule has 0 aliphatic carbocycles. The van der Waals surface area contributed by atoms with Crippen LogP contribution in [-0.2, 0) is 11.2 Å². The fourth-order valence-electron chi connectivity index (χ4n) is 1.79. The molecule has 5 nitrogen and oxygen atoms in total. The highest BCUT2D eigenvalue weighted by molar-refractivity contribution is 5.93. The van der Waals surface area contributed by atoms with Gasteiger partial charge in [0.05, 0.1) is 12.0 Å². The Morgan fingerprint density at radius 2 is 1.80 bits per heavy atom. The molecular weight excluding hydrogens is 256 g/mol. The fourth-order valence-corrected chi connectivity index (χ4v) is 1.79. The van der Waals surface area contributed by atoms with Crippen molar-refractivity contribution in [3.8, 4) is 0 Å². The largest absolute Gasteiger partial charge is 0.478 e. The first-order valence-corrected chi connectivity index (χ1v) is 6.02. The Morgan fingerprint density at radius 3 is 2.40 bits per heavy atom. The van der Waals surface area contributed by atoms with E-state index in [1.165, 1.54) is 12.1 Å². The van der Waals surface area contributed by atoms with Crippen molar-refractivity contribution in [1.29, 1.82) is 0 Å². The standard InChI is InChI=1S/C15H14N2O3/c16-12-3-1-2-10(8-12)9-14(18)17-13-6-4-11(5-7-13)15(19)20/h1-8H,9,16H2,(H,17,18)(H,19,20). The van der Waals surface area contributed by atoms with Crippen molar-refractivity contribution < 1.29 is 14.7 Å². The summed E-state index contributed by atoms with van der Waals surface area (Å²) in [5.74, 6) is -1.18. The highest BCUT2D eigenvalue weighted by Gasteiger charge is 2.06. The summed E-state index contributed by atoms with van der Waals surface area (Å²) in [6.45, 7) is 0. The van der Waals surface area contributed by atoms with Crippen LogP contribution in [0.3, 0.4) is 0 Å². The van der Waals surface area contributed by atoms with Gasteiger partial charge in [-0.25, -0.2) is 4.79 Å². The lowest BCUT2D eigenvalue weighted by atomic mass is 10.1. The number of nitrogen functional groups attached to an aromatic ring is 1. The van der Waals surface area contributed by atoms with E-state index in [1.54, 1.807) is 30.3 Å². The first-order chi connectivity index (χ1) is 9.54. The van der Waals surface area contributed by atoms with Gasteiger partial charge < -0.3 is 16.2 Å². The number of nitrogens with two attached hydrogens (primary N) is 1. The Balaban J connectivity index is 1.99. The Labute approximate surface area is 116 Å². The van der Waals surface area contributed by atoms with Crippen LogP contribution in [-0.4, -0.2) is 17.0 Å². The molecule has 0 heterocycles. The molecule has 0 bridgehead atoms. The summed E-state index contributed by atoms with van der Waals surface area (Å²) < 4.78 is 0. The summed E-state index contributed by atoms with van der Waals surface area (Å²) in [6.07, 6.45) is 0.214. The molecular formula is C15H14N2O3. The van der Waals surface area contributed by atoms with Crippen LogP contribution in [0.5, 0.6) is 0 Å². The van der Waals surface area contributed by atoms with Gasteiger partial charge in [-0.2, -0.15) is 0 Å². The predicted octanol–water partition coefficient (Wildman–Crippen LogP) is 2.15. The van der Waals surface area contributed by atoms with Gasteiger partial charge in [-0.05, 0) is 42.0 Å². The molecule has 0 aliphatic rings. The summed E-state index contributed by atoms with van der Waals surface area (Å²) in [6, 6.07) is 13.1. The number of hydrogen-bond acceptors (Lipinski definition) is 3. The first-order valence-electron chi connectivity index (χ1n) is 6.02. The second kappa shape index (κ2) is 5.88. The number of amides is 1. The topological polar surface area (TPSA) is 92.4 Å². The third kappa shape index (κ3) is 3.58. The van der Waals surface area contributed by atoms with E-state index < -0.39 is 5.97 Å². The van der Waals surface area contributed by atoms with E-state index in [9.17, 15) is 9.59 Å². The number of rotatable bonds is 4. The van der Waals surface area contributed by atoms with Crippen molar-refractivity contribution in [2.24, 2.45) is 0 Å². The zero-order chi connectivity index (χ0) is 14.5. The zero-order valence-electron chi connectivity index (χ0n) is 10.7. The van der Waals surface area contributed by atoms with Crippen molar-refractivity contribution in [2.45, 2.75) is 6.42 Å². The van der Waals surface area contributed by atoms with Crippen molar-refractivity contribution in [2.75, 3.05) is 11.1 Å². The minimum Gasteiger partial charge on any atom is -0.478 e. The van der Waals surface area contributed by atoms with Crippen molar-refractivity contribution in [3.05, 3.63) is 59.7 Å². The molecule has 1 amide bonds. The zero-order valence-corrected chi connectivity index (χ0v) is 10.7. The summed E-state index contributed by atoms with van der Waals surface area (Å²) >= 11 is 0. The number of carboxylic acid groups (broad SMARTS) is 1. The SMILES string of the molecule is Nc1cccc(CC(=O)Nc2ccc(C(=O)O)cc2)c1. The van der Waals surface area contributed by atoms with E-state index >= 15 is 0 Å². The van der Waals surface area contributed by atoms with Gasteiger partial charge in [0.25, 0.3) is 0 Å². The lowest BCUT2D eigenvalue weighted by Crippen LogP contribution is -2.14. The van der Waals surface area contributed by atoms with Gasteiger partial charge in [-0.1, -0.05) is 12.1 Å². The molecule has 0 aliphatic heterocycles. The quantitative estimate of drug-likeness (QED) is 0.742. The molecule has 2 rings (SSSR count). The molecule has 20 heavy (non-hydrogen) atoms. The number of carbonyl (C=O) groups excluding carboxylic acids is 1. The number of carbonyl (C=O) groups is 2. The number of anilines is 2. The molecule has 5 heteroatoms. The van der Waals surface area contributed by atoms with E-state index in [-0.39, 0.29) is 17.9 Å². The maximum Gasteiger partial charge on any atom is 0.335 e. The molecule has 0 radical (unpaired) electrons. The van der Waals surface area contributed by atoms with Gasteiger partial charge in [0.15, 0.2) is 0 Å². The van der Waals surface area contributed by atoms with Gasteiger partial charge in [0.1, 0.15) is 0 Å². The molecule has 0 aromatic heterocycles. The smallest absolute Gasteiger partial charge is 0.335 e. The van der Waals surface area contributed by atoms with Crippen molar-refractivity contribution >= 4 is 23.3 Å². The number of hydrogen-bond donors (Lipinski definition) is 3. The minimum absolute atomic E-state index is 0.179. The van der Waals surface area contributed by atoms with Crippen LogP contribution in [0.15, 0.2) is 48.5 Å². The average Bonchev–Trinajstić information content (AvgIpc) is 2.39. The van der Waals surface area contributed by atoms with Crippen LogP contribution in [0.25, 0.3) is 0 Å². The predicted molar refractivity (Wildman–Crippen MR) is 76.6 cm³/mol. The normalized spacial score (nSPS) is 10.0. The third-order valence-corrected chi connectivity index (χ3v) is 2.73. The Bertz CT molecular complexity index is 636. The Morgan fingerprint density at radius 1 is 1.10 bits per heavy atom. The van der Waals surface area contributed by atoms with Crippen LogP contribution in [0.2, 0.25) is 0 Å². The summed E-state index contributed by atoms with van der Waals surface area (Å²) in [7, 11) is 0. The second-order valence-electron chi connectivity index (χ2n) is 4.35. The molecule has 102 valence electrons. The molecule has 0 unspecified atom stereocenters. The average molecular weight is 270 g/mol. The van der Waals surface area contributed by atoms with Crippen LogP contribution in [0.1, 0.15) is 15.9 Å². The highest BCUT2D eigenvalue weighted by Crippen LogP contribution is 2.11. The van der Waals surface area contributed by atoms with E-state index in [4.69, 9.17) is 10.8 Å². The second-order valence-corrected chi connectivity index (χ2v) is 4.35. The monoisotopic (exact) mass is 270 g/mol. The molecule has 0 spiro atoms. The number of benzene rings is 2. The Hall–Kier alpha value is -2.82. The highest BCUT2D eigenvalue weighted by atomic mass is 16.4. The maximum absolute atomic E-state index is 11.8. The van der Waals surface area contributed by atoms with Crippen molar-refractivity contribution in [3.63, 3.8) is 0 Å². The minimum atomic E-state index is -0.998. The van der Waals surface area contributed by atoms with Crippen LogP contribution in [0, 0.1) is 0 Å². The number of carboxylic acids is 1. The van der Waals surface area contributed by atoms with Gasteiger partial charge in [-0.3, -0.25) is 4.79 Å². The summed E-state index contributed by atoms with van der Waals surface area (Å²) in [5.41, 5.74) is 7.82. The van der Waals surface area contributed by atoms with Crippen LogP contribution in [0.4, 0.5) is 11.4 Å². The van der Waals surface area contributed by atoms with E-state index in [2.05, 4.69) is 5.32 Å². The lowest BCUT2D eigenvalue weighted by molar-refractivity contribution is -0.115. The van der Waals surface area contributed by atoms with Crippen LogP contribution >= 0.6 is 0 Å². The van der Waals surface area contributed by atoms with E-state index in [0.717, 1.165) is 5.56 Å². The molecule has 2 aromatic rings. The summed E-state index contributed by atoms with van der Waals surface area (Å²) in [4.78, 5) is 22.6. The third-order valence-electron chi connectivity index (χ3n) is 2.73. The maximum atomic E-state index is 11.8. The number of aromatic carboxylic acids is 1. The molecule has 0 saturated carbocycles. The molecule has 2 aromatic carbocycles. The Kier molecular flexibility index (Phi) is 4.00.